The summed E-state index contributed by atoms with van der Waals surface area (Å²) in [7, 11) is 4.30. The van der Waals surface area contributed by atoms with Crippen LogP contribution in [0.3, 0.4) is 0 Å². The Morgan fingerprint density at radius 1 is 0.911 bits per heavy atom. The number of amides is 1. The summed E-state index contributed by atoms with van der Waals surface area (Å²) in [4.78, 5) is 26.4. The van der Waals surface area contributed by atoms with Gasteiger partial charge in [0, 0.05) is 17.9 Å². The summed E-state index contributed by atoms with van der Waals surface area (Å²) in [6.45, 7) is 3.34. The van der Waals surface area contributed by atoms with Crippen molar-refractivity contribution in [2.45, 2.75) is 75.9 Å². The van der Waals surface area contributed by atoms with Crippen LogP contribution >= 0.6 is 0 Å². The van der Waals surface area contributed by atoms with Gasteiger partial charge in [-0.05, 0) is 68.0 Å². The average Bonchev–Trinajstić information content (AvgIpc) is 2.97. The number of ether oxygens (including phenoxy) is 4. The minimum absolute atomic E-state index is 0.0247. The molecule has 1 fully saturated rings. The van der Waals surface area contributed by atoms with Crippen molar-refractivity contribution in [2.24, 2.45) is 5.92 Å². The molecular formula is C31H37F6NO7. The summed E-state index contributed by atoms with van der Waals surface area (Å²) >= 11 is 0. The minimum atomic E-state index is -5.99. The molecule has 250 valence electrons. The molecule has 1 amide bonds. The van der Waals surface area contributed by atoms with E-state index in [1.165, 1.54) is 21.3 Å². The highest BCUT2D eigenvalue weighted by Crippen LogP contribution is 2.50. The number of Topliss-reactive ketones (excluding diaryl/α,β-unsaturated/α-hetero) is 1. The van der Waals surface area contributed by atoms with Crippen LogP contribution in [0.15, 0.2) is 30.3 Å². The van der Waals surface area contributed by atoms with Gasteiger partial charge in [-0.2, -0.15) is 26.3 Å². The number of ketones is 1. The molecule has 3 rings (SSSR count). The molecule has 1 aliphatic heterocycles. The Kier molecular flexibility index (Phi) is 10.9. The molecule has 2 aromatic carbocycles. The van der Waals surface area contributed by atoms with Crippen LogP contribution in [0.1, 0.15) is 62.6 Å². The molecule has 0 radical (unpaired) electrons. The summed E-state index contributed by atoms with van der Waals surface area (Å²) in [5.74, 6) is -0.131. The van der Waals surface area contributed by atoms with E-state index in [1.807, 2.05) is 0 Å². The van der Waals surface area contributed by atoms with E-state index in [0.717, 1.165) is 6.07 Å². The van der Waals surface area contributed by atoms with Crippen molar-refractivity contribution in [1.82, 2.24) is 5.32 Å². The van der Waals surface area contributed by atoms with Crippen molar-refractivity contribution in [3.05, 3.63) is 47.0 Å². The molecule has 0 aromatic heterocycles. The Bertz CT molecular complexity index is 1340. The molecule has 0 aliphatic carbocycles. The molecule has 45 heavy (non-hydrogen) atoms. The third-order valence-electron chi connectivity index (χ3n) is 7.95. The van der Waals surface area contributed by atoms with Gasteiger partial charge < -0.3 is 29.4 Å². The van der Waals surface area contributed by atoms with Gasteiger partial charge in [0.25, 0.3) is 5.60 Å². The number of unbranched alkanes of at least 4 members (excludes halogenated alkanes) is 1. The first-order valence-corrected chi connectivity index (χ1v) is 14.3. The number of hydrogen-bond donors (Lipinski definition) is 2. The van der Waals surface area contributed by atoms with E-state index in [2.05, 4.69) is 5.32 Å². The van der Waals surface area contributed by atoms with Crippen LogP contribution in [-0.4, -0.2) is 57.1 Å². The predicted octanol–water partition coefficient (Wildman–Crippen LogP) is 6.15. The number of piperidine rings is 1. The Balaban J connectivity index is 1.71. The normalized spacial score (nSPS) is 19.2. The maximum Gasteiger partial charge on any atom is 0.430 e. The fraction of sp³-hybridized carbons (Fsp3) is 0.548. The van der Waals surface area contributed by atoms with Crippen molar-refractivity contribution in [2.75, 3.05) is 27.9 Å². The van der Waals surface area contributed by atoms with Crippen molar-refractivity contribution in [3.8, 4) is 23.0 Å². The molecule has 0 saturated carbocycles. The van der Waals surface area contributed by atoms with E-state index in [9.17, 15) is 41.0 Å². The monoisotopic (exact) mass is 649 g/mol. The molecule has 0 bridgehead atoms. The van der Waals surface area contributed by atoms with E-state index in [1.54, 1.807) is 26.0 Å². The van der Waals surface area contributed by atoms with Crippen molar-refractivity contribution in [1.29, 1.82) is 0 Å². The molecule has 1 saturated heterocycles. The lowest BCUT2D eigenvalue weighted by molar-refractivity contribution is -0.376. The number of nitrogens with one attached hydrogen (secondary N) is 1. The van der Waals surface area contributed by atoms with Crippen LogP contribution in [0.25, 0.3) is 0 Å². The first kappa shape index (κ1) is 35.8. The van der Waals surface area contributed by atoms with Gasteiger partial charge in [-0.3, -0.25) is 9.59 Å². The Morgan fingerprint density at radius 2 is 1.51 bits per heavy atom. The SMILES string of the molecule is CCCc1cc(C(O)(C(F)(F)F)C(F)(F)F)ccc1OCCCCC1CC(=O)NC(C)(c2cc(OC)c(OC)c(OC)c2)C1=O. The zero-order chi connectivity index (χ0) is 33.8. The topological polar surface area (TPSA) is 103 Å². The molecule has 2 unspecified atom stereocenters. The maximum atomic E-state index is 13.7. The second-order valence-corrected chi connectivity index (χ2v) is 11.0. The first-order chi connectivity index (χ1) is 21.0. The highest BCUT2D eigenvalue weighted by atomic mass is 19.4. The minimum Gasteiger partial charge on any atom is -0.493 e. The number of methoxy groups -OCH3 is 3. The van der Waals surface area contributed by atoms with Gasteiger partial charge in [0.15, 0.2) is 17.3 Å². The smallest absolute Gasteiger partial charge is 0.430 e. The third kappa shape index (κ3) is 7.10. The lowest BCUT2D eigenvalue weighted by atomic mass is 9.75. The number of alkyl halides is 6. The number of halogens is 6. The third-order valence-corrected chi connectivity index (χ3v) is 7.95. The standard InChI is InChI=1S/C31H37F6NO7/c1-6-9-18-14-20(29(41,30(32,33)34)31(35,36)37)11-12-22(18)45-13-8-7-10-19-15-25(39)38-28(2,27(19)40)21-16-23(42-3)26(44-5)24(17-21)43-4/h11-12,14,16-17,19,41H,6-10,13,15H2,1-5H3,(H,38,39). The number of hydrogen-bond acceptors (Lipinski definition) is 7. The van der Waals surface area contributed by atoms with Crippen LogP contribution in [0.5, 0.6) is 23.0 Å². The molecule has 2 atom stereocenters. The number of rotatable bonds is 13. The summed E-state index contributed by atoms with van der Waals surface area (Å²) in [5.41, 5.74) is -7.23. The fourth-order valence-electron chi connectivity index (χ4n) is 5.51. The summed E-state index contributed by atoms with van der Waals surface area (Å²) in [6, 6.07) is 5.40. The molecule has 8 nitrogen and oxygen atoms in total. The summed E-state index contributed by atoms with van der Waals surface area (Å²) in [5, 5.41) is 12.5. The number of carbonyl (C=O) groups is 2. The number of aliphatic hydroxyl groups is 1. The average molecular weight is 650 g/mol. The molecule has 14 heteroatoms. The molecule has 0 spiro atoms. The zero-order valence-electron chi connectivity index (χ0n) is 25.6. The molecule has 2 aromatic rings. The van der Waals surface area contributed by atoms with Gasteiger partial charge in [0.2, 0.25) is 11.7 Å². The predicted molar refractivity (Wildman–Crippen MR) is 150 cm³/mol. The maximum absolute atomic E-state index is 13.7. The van der Waals surface area contributed by atoms with E-state index >= 15 is 0 Å². The quantitative estimate of drug-likeness (QED) is 0.198. The Hall–Kier alpha value is -3.68. The van der Waals surface area contributed by atoms with Crippen molar-refractivity contribution in [3.63, 3.8) is 0 Å². The highest BCUT2D eigenvalue weighted by molar-refractivity contribution is 6.00. The fourth-order valence-corrected chi connectivity index (χ4v) is 5.51. The van der Waals surface area contributed by atoms with E-state index in [-0.39, 0.29) is 42.5 Å². The van der Waals surface area contributed by atoms with Crippen molar-refractivity contribution >= 4 is 11.7 Å². The number of benzene rings is 2. The molecule has 1 aliphatic rings. The van der Waals surface area contributed by atoms with Crippen LogP contribution in [-0.2, 0) is 27.1 Å². The van der Waals surface area contributed by atoms with Crippen molar-refractivity contribution < 1.29 is 60.0 Å². The van der Waals surface area contributed by atoms with Gasteiger partial charge in [-0.1, -0.05) is 19.4 Å². The lowest BCUT2D eigenvalue weighted by Gasteiger charge is -2.38. The van der Waals surface area contributed by atoms with Crippen LogP contribution in [0, 0.1) is 5.92 Å². The zero-order valence-corrected chi connectivity index (χ0v) is 25.6. The second kappa shape index (κ2) is 13.8. The van der Waals surface area contributed by atoms with E-state index < -0.39 is 35.0 Å². The molecule has 2 N–H and O–H groups in total. The van der Waals surface area contributed by atoms with Gasteiger partial charge in [0.1, 0.15) is 11.3 Å². The largest absolute Gasteiger partial charge is 0.493 e. The molecule has 1 heterocycles. The molecular weight excluding hydrogens is 612 g/mol. The van der Waals surface area contributed by atoms with Crippen LogP contribution in [0.4, 0.5) is 26.3 Å². The summed E-state index contributed by atoms with van der Waals surface area (Å²) in [6.07, 6.45) is -10.3. The Morgan fingerprint density at radius 3 is 2.02 bits per heavy atom. The second-order valence-electron chi connectivity index (χ2n) is 11.0. The first-order valence-electron chi connectivity index (χ1n) is 14.3. The van der Waals surface area contributed by atoms with Crippen LogP contribution in [0.2, 0.25) is 0 Å². The van der Waals surface area contributed by atoms with E-state index in [4.69, 9.17) is 18.9 Å². The van der Waals surface area contributed by atoms with E-state index in [0.29, 0.717) is 60.6 Å². The van der Waals surface area contributed by atoms with Gasteiger partial charge in [-0.25, -0.2) is 0 Å². The highest BCUT2D eigenvalue weighted by Gasteiger charge is 2.71. The summed E-state index contributed by atoms with van der Waals surface area (Å²) < 4.78 is 102. The van der Waals surface area contributed by atoms with Gasteiger partial charge in [-0.15, -0.1) is 0 Å². The number of carbonyl (C=O) groups excluding carboxylic acids is 2. The Labute approximate surface area is 257 Å². The van der Waals surface area contributed by atoms with Crippen LogP contribution < -0.4 is 24.3 Å². The van der Waals surface area contributed by atoms with Gasteiger partial charge in [0.05, 0.1) is 27.9 Å². The number of aryl methyl sites for hydroxylation is 1. The lowest BCUT2D eigenvalue weighted by Crippen LogP contribution is -2.56. The van der Waals surface area contributed by atoms with Gasteiger partial charge >= 0.3 is 12.4 Å².